The lowest BCUT2D eigenvalue weighted by Gasteiger charge is -2.19. The first-order valence-corrected chi connectivity index (χ1v) is 8.38. The van der Waals surface area contributed by atoms with Gasteiger partial charge in [0, 0.05) is 31.3 Å². The standard InChI is InChI=1S/C19H21N3O4/c1-26-17-11-14(7-8-16(17)22-9-3-6-18(22)24)21-19(25)20-12-13-4-2-5-15(23)10-13/h2,4-5,7-8,10-11,23H,3,6,9,12H2,1H3,(H2,20,21,25). The molecule has 1 aliphatic rings. The predicted octanol–water partition coefficient (Wildman–Crippen LogP) is 2.85. The smallest absolute Gasteiger partial charge is 0.319 e. The van der Waals surface area contributed by atoms with Gasteiger partial charge in [-0.15, -0.1) is 0 Å². The molecule has 1 aliphatic heterocycles. The van der Waals surface area contributed by atoms with Gasteiger partial charge in [0.05, 0.1) is 12.8 Å². The average Bonchev–Trinajstić information content (AvgIpc) is 3.06. The minimum atomic E-state index is -0.375. The number of phenolic OH excluding ortho intramolecular Hbond substituents is 1. The molecule has 2 aromatic carbocycles. The van der Waals surface area contributed by atoms with Gasteiger partial charge in [-0.25, -0.2) is 4.79 Å². The molecular weight excluding hydrogens is 334 g/mol. The molecular formula is C19H21N3O4. The van der Waals surface area contributed by atoms with E-state index in [-0.39, 0.29) is 24.2 Å². The highest BCUT2D eigenvalue weighted by atomic mass is 16.5. The summed E-state index contributed by atoms with van der Waals surface area (Å²) in [4.78, 5) is 25.7. The second-order valence-corrected chi connectivity index (χ2v) is 6.01. The van der Waals surface area contributed by atoms with Crippen molar-refractivity contribution in [3.8, 4) is 11.5 Å². The molecule has 0 aromatic heterocycles. The first kappa shape index (κ1) is 17.6. The van der Waals surface area contributed by atoms with Gasteiger partial charge < -0.3 is 25.4 Å². The maximum atomic E-state index is 12.1. The van der Waals surface area contributed by atoms with Crippen LogP contribution < -0.4 is 20.3 Å². The molecule has 3 rings (SSSR count). The second-order valence-electron chi connectivity index (χ2n) is 6.01. The molecule has 7 heteroatoms. The molecule has 0 radical (unpaired) electrons. The van der Waals surface area contributed by atoms with E-state index in [1.54, 1.807) is 41.3 Å². The van der Waals surface area contributed by atoms with Crippen LogP contribution in [0.3, 0.4) is 0 Å². The number of benzene rings is 2. The Hall–Kier alpha value is -3.22. The van der Waals surface area contributed by atoms with Gasteiger partial charge in [0.1, 0.15) is 11.5 Å². The number of nitrogens with one attached hydrogen (secondary N) is 2. The van der Waals surface area contributed by atoms with Crippen LogP contribution in [0, 0.1) is 0 Å². The van der Waals surface area contributed by atoms with Gasteiger partial charge in [-0.3, -0.25) is 4.79 Å². The molecule has 1 heterocycles. The van der Waals surface area contributed by atoms with Gasteiger partial charge in [-0.2, -0.15) is 0 Å². The van der Waals surface area contributed by atoms with Crippen LogP contribution in [0.2, 0.25) is 0 Å². The van der Waals surface area contributed by atoms with E-state index in [1.165, 1.54) is 7.11 Å². The zero-order chi connectivity index (χ0) is 18.5. The largest absolute Gasteiger partial charge is 0.508 e. The number of hydrogen-bond acceptors (Lipinski definition) is 4. The number of nitrogens with zero attached hydrogens (tertiary/aromatic N) is 1. The SMILES string of the molecule is COc1cc(NC(=O)NCc2cccc(O)c2)ccc1N1CCCC1=O. The highest BCUT2D eigenvalue weighted by molar-refractivity contribution is 5.97. The van der Waals surface area contributed by atoms with Gasteiger partial charge in [-0.1, -0.05) is 12.1 Å². The Morgan fingerprint density at radius 3 is 2.81 bits per heavy atom. The number of phenols is 1. The molecule has 1 saturated heterocycles. The van der Waals surface area contributed by atoms with Crippen molar-refractivity contribution in [1.29, 1.82) is 0 Å². The Balaban J connectivity index is 1.64. The Kier molecular flexibility index (Phi) is 5.26. The van der Waals surface area contributed by atoms with Crippen LogP contribution >= 0.6 is 0 Å². The summed E-state index contributed by atoms with van der Waals surface area (Å²) in [5, 5.41) is 14.9. The second kappa shape index (κ2) is 7.77. The number of carbonyl (C=O) groups excluding carboxylic acids is 2. The summed E-state index contributed by atoms with van der Waals surface area (Å²) in [6.07, 6.45) is 1.38. The molecule has 26 heavy (non-hydrogen) atoms. The van der Waals surface area contributed by atoms with E-state index in [2.05, 4.69) is 10.6 Å². The van der Waals surface area contributed by atoms with E-state index in [9.17, 15) is 14.7 Å². The Bertz CT molecular complexity index is 822. The predicted molar refractivity (Wildman–Crippen MR) is 98.5 cm³/mol. The Labute approximate surface area is 151 Å². The van der Waals surface area contributed by atoms with E-state index in [0.717, 1.165) is 12.0 Å². The normalized spacial score (nSPS) is 13.6. The summed E-state index contributed by atoms with van der Waals surface area (Å²) in [7, 11) is 1.53. The molecule has 0 spiro atoms. The Morgan fingerprint density at radius 1 is 1.27 bits per heavy atom. The van der Waals surface area contributed by atoms with E-state index < -0.39 is 0 Å². The van der Waals surface area contributed by atoms with Crippen molar-refractivity contribution in [3.05, 3.63) is 48.0 Å². The maximum absolute atomic E-state index is 12.1. The van der Waals surface area contributed by atoms with Gasteiger partial charge in [0.15, 0.2) is 0 Å². The average molecular weight is 355 g/mol. The molecule has 0 bridgehead atoms. The zero-order valence-electron chi connectivity index (χ0n) is 14.5. The topological polar surface area (TPSA) is 90.9 Å². The van der Waals surface area contributed by atoms with Gasteiger partial charge in [0.2, 0.25) is 5.91 Å². The van der Waals surface area contributed by atoms with Crippen molar-refractivity contribution < 1.29 is 19.4 Å². The molecule has 0 unspecified atom stereocenters. The highest BCUT2D eigenvalue weighted by Crippen LogP contribution is 2.33. The van der Waals surface area contributed by atoms with Crippen molar-refractivity contribution in [2.45, 2.75) is 19.4 Å². The fourth-order valence-electron chi connectivity index (χ4n) is 2.91. The molecule has 7 nitrogen and oxygen atoms in total. The number of ether oxygens (including phenoxy) is 1. The van der Waals surface area contributed by atoms with Crippen LogP contribution in [0.5, 0.6) is 11.5 Å². The third-order valence-electron chi connectivity index (χ3n) is 4.17. The molecule has 0 saturated carbocycles. The number of rotatable bonds is 5. The third-order valence-corrected chi connectivity index (χ3v) is 4.17. The number of amides is 3. The molecule has 0 atom stereocenters. The highest BCUT2D eigenvalue weighted by Gasteiger charge is 2.24. The van der Waals surface area contributed by atoms with Crippen LogP contribution in [-0.2, 0) is 11.3 Å². The minimum absolute atomic E-state index is 0.0767. The van der Waals surface area contributed by atoms with E-state index in [0.29, 0.717) is 30.1 Å². The van der Waals surface area contributed by atoms with Crippen molar-refractivity contribution in [2.75, 3.05) is 23.9 Å². The van der Waals surface area contributed by atoms with Crippen LogP contribution in [0.4, 0.5) is 16.2 Å². The van der Waals surface area contributed by atoms with Gasteiger partial charge in [0.25, 0.3) is 0 Å². The lowest BCUT2D eigenvalue weighted by atomic mass is 10.2. The summed E-state index contributed by atoms with van der Waals surface area (Å²) in [5.74, 6) is 0.764. The number of methoxy groups -OCH3 is 1. The number of hydrogen-bond donors (Lipinski definition) is 3. The third kappa shape index (κ3) is 4.05. The zero-order valence-corrected chi connectivity index (χ0v) is 14.5. The monoisotopic (exact) mass is 355 g/mol. The van der Waals surface area contributed by atoms with Crippen molar-refractivity contribution >= 4 is 23.3 Å². The number of urea groups is 1. The van der Waals surface area contributed by atoms with E-state index in [1.807, 2.05) is 6.07 Å². The van der Waals surface area contributed by atoms with Crippen molar-refractivity contribution in [1.82, 2.24) is 5.32 Å². The maximum Gasteiger partial charge on any atom is 0.319 e. The summed E-state index contributed by atoms with van der Waals surface area (Å²) in [6.45, 7) is 0.962. The number of carbonyl (C=O) groups is 2. The minimum Gasteiger partial charge on any atom is -0.508 e. The lowest BCUT2D eigenvalue weighted by molar-refractivity contribution is -0.117. The lowest BCUT2D eigenvalue weighted by Crippen LogP contribution is -2.28. The molecule has 3 N–H and O–H groups in total. The van der Waals surface area contributed by atoms with E-state index >= 15 is 0 Å². The van der Waals surface area contributed by atoms with Gasteiger partial charge >= 0.3 is 6.03 Å². The van der Waals surface area contributed by atoms with Crippen LogP contribution in [-0.4, -0.2) is 30.7 Å². The summed E-state index contributed by atoms with van der Waals surface area (Å²) >= 11 is 0. The molecule has 2 aromatic rings. The van der Waals surface area contributed by atoms with Crippen LogP contribution in [0.25, 0.3) is 0 Å². The van der Waals surface area contributed by atoms with Crippen LogP contribution in [0.1, 0.15) is 18.4 Å². The quantitative estimate of drug-likeness (QED) is 0.769. The first-order chi connectivity index (χ1) is 12.6. The molecule has 1 fully saturated rings. The fraction of sp³-hybridized carbons (Fsp3) is 0.263. The molecule has 136 valence electrons. The summed E-state index contributed by atoms with van der Waals surface area (Å²) in [6, 6.07) is 11.5. The van der Waals surface area contributed by atoms with E-state index in [4.69, 9.17) is 4.74 Å². The van der Waals surface area contributed by atoms with Gasteiger partial charge in [-0.05, 0) is 36.2 Å². The first-order valence-electron chi connectivity index (χ1n) is 8.38. The molecule has 3 amide bonds. The van der Waals surface area contributed by atoms with Crippen molar-refractivity contribution in [2.24, 2.45) is 0 Å². The van der Waals surface area contributed by atoms with Crippen molar-refractivity contribution in [3.63, 3.8) is 0 Å². The Morgan fingerprint density at radius 2 is 2.12 bits per heavy atom. The molecule has 0 aliphatic carbocycles. The summed E-state index contributed by atoms with van der Waals surface area (Å²) < 4.78 is 5.38. The number of aromatic hydroxyl groups is 1. The number of anilines is 2. The fourth-order valence-corrected chi connectivity index (χ4v) is 2.91. The van der Waals surface area contributed by atoms with Crippen LogP contribution in [0.15, 0.2) is 42.5 Å². The summed E-state index contributed by atoms with van der Waals surface area (Å²) in [5.41, 5.74) is 2.06.